The van der Waals surface area contributed by atoms with Crippen LogP contribution in [0.3, 0.4) is 0 Å². The van der Waals surface area contributed by atoms with E-state index >= 15 is 0 Å². The zero-order chi connectivity index (χ0) is 22.7. The maximum absolute atomic E-state index is 11.8. The number of nitrogens with one attached hydrogen (secondary N) is 2. The number of rotatable bonds is 5. The van der Waals surface area contributed by atoms with Crippen molar-refractivity contribution in [3.8, 4) is 11.5 Å². The van der Waals surface area contributed by atoms with Crippen molar-refractivity contribution in [1.29, 1.82) is 0 Å². The average molecular weight is 451 g/mol. The predicted molar refractivity (Wildman–Crippen MR) is 124 cm³/mol. The Morgan fingerprint density at radius 1 is 1.00 bits per heavy atom. The van der Waals surface area contributed by atoms with Crippen LogP contribution in [0.1, 0.15) is 39.3 Å². The molecule has 1 aliphatic rings. The predicted octanol–water partition coefficient (Wildman–Crippen LogP) is 4.81. The highest BCUT2D eigenvalue weighted by Crippen LogP contribution is 2.35. The third-order valence-electron chi connectivity index (χ3n) is 5.37. The number of methoxy groups -OCH3 is 2. The first-order valence-electron chi connectivity index (χ1n) is 10.0. The Bertz CT molecular complexity index is 1140. The van der Waals surface area contributed by atoms with E-state index in [0.29, 0.717) is 16.1 Å². The Labute approximate surface area is 191 Å². The molecule has 1 heterocycles. The van der Waals surface area contributed by atoms with Gasteiger partial charge in [-0.3, -0.25) is 5.32 Å². The average Bonchev–Trinajstić information content (AvgIpc) is 2.85. The van der Waals surface area contributed by atoms with Crippen LogP contribution in [-0.2, 0) is 4.74 Å². The monoisotopic (exact) mass is 450 g/mol. The van der Waals surface area contributed by atoms with Crippen LogP contribution >= 0.6 is 11.6 Å². The number of phenols is 1. The van der Waals surface area contributed by atoms with Crippen molar-refractivity contribution in [2.75, 3.05) is 14.2 Å². The lowest BCUT2D eigenvalue weighted by Crippen LogP contribution is -2.39. The van der Waals surface area contributed by atoms with Gasteiger partial charge in [-0.1, -0.05) is 23.7 Å². The number of halogens is 1. The fourth-order valence-corrected chi connectivity index (χ4v) is 3.83. The third kappa shape index (κ3) is 4.56. The van der Waals surface area contributed by atoms with E-state index in [1.807, 2.05) is 42.5 Å². The molecule has 7 heteroatoms. The molecule has 4 rings (SSSR count). The Hall–Kier alpha value is -3.48. The Kier molecular flexibility index (Phi) is 6.35. The SMILES string of the molecule is COC(=O)c1ccc(C2NC(c3ccc(OC)cc3)=CC(c3cc(Cl)ccc3O)N2)cc1. The Morgan fingerprint density at radius 3 is 2.38 bits per heavy atom. The highest BCUT2D eigenvalue weighted by molar-refractivity contribution is 6.30. The fraction of sp³-hybridized carbons (Fsp3) is 0.160. The van der Waals surface area contributed by atoms with E-state index in [2.05, 4.69) is 10.6 Å². The highest BCUT2D eigenvalue weighted by atomic mass is 35.5. The molecule has 0 amide bonds. The summed E-state index contributed by atoms with van der Waals surface area (Å²) in [6, 6.07) is 19.6. The third-order valence-corrected chi connectivity index (χ3v) is 5.61. The second-order valence-electron chi connectivity index (χ2n) is 7.35. The summed E-state index contributed by atoms with van der Waals surface area (Å²) in [5.41, 5.74) is 3.92. The number of aromatic hydroxyl groups is 1. The minimum Gasteiger partial charge on any atom is -0.508 e. The van der Waals surface area contributed by atoms with Crippen LogP contribution in [0.2, 0.25) is 5.02 Å². The van der Waals surface area contributed by atoms with E-state index in [1.54, 1.807) is 37.4 Å². The summed E-state index contributed by atoms with van der Waals surface area (Å²) in [4.78, 5) is 11.8. The second kappa shape index (κ2) is 9.34. The van der Waals surface area contributed by atoms with Crippen molar-refractivity contribution in [3.63, 3.8) is 0 Å². The van der Waals surface area contributed by atoms with Gasteiger partial charge >= 0.3 is 5.97 Å². The van der Waals surface area contributed by atoms with Crippen LogP contribution in [0.25, 0.3) is 5.70 Å². The molecule has 6 nitrogen and oxygen atoms in total. The Balaban J connectivity index is 1.72. The van der Waals surface area contributed by atoms with Gasteiger partial charge in [0.1, 0.15) is 17.7 Å². The van der Waals surface area contributed by atoms with Crippen LogP contribution < -0.4 is 15.4 Å². The van der Waals surface area contributed by atoms with Crippen LogP contribution in [-0.4, -0.2) is 25.3 Å². The van der Waals surface area contributed by atoms with E-state index in [4.69, 9.17) is 21.1 Å². The Morgan fingerprint density at radius 2 is 1.72 bits per heavy atom. The number of phenolic OH excluding ortho intramolecular Hbond substituents is 1. The van der Waals surface area contributed by atoms with Crippen molar-refractivity contribution in [1.82, 2.24) is 10.6 Å². The topological polar surface area (TPSA) is 79.8 Å². The number of ether oxygens (including phenoxy) is 2. The summed E-state index contributed by atoms with van der Waals surface area (Å²) in [5.74, 6) is 0.530. The maximum atomic E-state index is 11.8. The van der Waals surface area contributed by atoms with Gasteiger partial charge < -0.3 is 19.9 Å². The summed E-state index contributed by atoms with van der Waals surface area (Å²) in [6.07, 6.45) is 1.72. The van der Waals surface area contributed by atoms with Crippen LogP contribution in [0.5, 0.6) is 11.5 Å². The quantitative estimate of drug-likeness (QED) is 0.484. The van der Waals surface area contributed by atoms with Crippen molar-refractivity contribution in [3.05, 3.63) is 100 Å². The first kappa shape index (κ1) is 21.7. The highest BCUT2D eigenvalue weighted by Gasteiger charge is 2.26. The van der Waals surface area contributed by atoms with E-state index < -0.39 is 0 Å². The first-order valence-corrected chi connectivity index (χ1v) is 10.4. The van der Waals surface area contributed by atoms with E-state index in [-0.39, 0.29) is 23.9 Å². The van der Waals surface area contributed by atoms with Gasteiger partial charge in [-0.05, 0) is 71.8 Å². The van der Waals surface area contributed by atoms with E-state index in [0.717, 1.165) is 22.6 Å². The molecule has 1 aliphatic heterocycles. The molecule has 0 aromatic heterocycles. The zero-order valence-electron chi connectivity index (χ0n) is 17.6. The summed E-state index contributed by atoms with van der Waals surface area (Å²) < 4.78 is 10.1. The van der Waals surface area contributed by atoms with Gasteiger partial charge in [0.15, 0.2) is 0 Å². The number of benzene rings is 3. The summed E-state index contributed by atoms with van der Waals surface area (Å²) in [7, 11) is 2.98. The fourth-order valence-electron chi connectivity index (χ4n) is 3.65. The lowest BCUT2D eigenvalue weighted by atomic mass is 9.97. The van der Waals surface area contributed by atoms with Crippen molar-refractivity contribution >= 4 is 23.3 Å². The smallest absolute Gasteiger partial charge is 0.337 e. The normalized spacial score (nSPS) is 17.8. The molecule has 32 heavy (non-hydrogen) atoms. The number of hydrogen-bond acceptors (Lipinski definition) is 6. The minimum absolute atomic E-state index is 0.152. The van der Waals surface area contributed by atoms with Gasteiger partial charge in [-0.2, -0.15) is 0 Å². The molecule has 0 radical (unpaired) electrons. The molecule has 0 saturated carbocycles. The van der Waals surface area contributed by atoms with Crippen molar-refractivity contribution in [2.45, 2.75) is 12.2 Å². The summed E-state index contributed by atoms with van der Waals surface area (Å²) in [5, 5.41) is 18.0. The minimum atomic E-state index is -0.387. The first-order chi connectivity index (χ1) is 15.5. The largest absolute Gasteiger partial charge is 0.508 e. The van der Waals surface area contributed by atoms with Gasteiger partial charge in [-0.25, -0.2) is 4.79 Å². The van der Waals surface area contributed by atoms with Gasteiger partial charge in [-0.15, -0.1) is 0 Å². The van der Waals surface area contributed by atoms with Gasteiger partial charge in [0, 0.05) is 16.3 Å². The molecule has 3 aromatic rings. The lowest BCUT2D eigenvalue weighted by Gasteiger charge is -2.33. The number of carbonyl (C=O) groups is 1. The number of esters is 1. The zero-order valence-corrected chi connectivity index (χ0v) is 18.4. The number of hydrogen-bond donors (Lipinski definition) is 3. The number of carbonyl (C=O) groups excluding carboxylic acids is 1. The molecule has 164 valence electrons. The molecule has 0 saturated heterocycles. The molecule has 0 aliphatic carbocycles. The van der Waals surface area contributed by atoms with Crippen LogP contribution in [0.15, 0.2) is 72.8 Å². The summed E-state index contributed by atoms with van der Waals surface area (Å²) >= 11 is 6.20. The molecule has 2 unspecified atom stereocenters. The lowest BCUT2D eigenvalue weighted by molar-refractivity contribution is 0.0600. The van der Waals surface area contributed by atoms with E-state index in [1.165, 1.54) is 7.11 Å². The molecule has 0 bridgehead atoms. The van der Waals surface area contributed by atoms with Crippen molar-refractivity contribution in [2.24, 2.45) is 0 Å². The standard InChI is InChI=1S/C25H23ClN2O4/c1-31-19-10-7-15(8-11-19)21-14-22(20-13-18(26)9-12-23(20)29)28-24(27-21)16-3-5-17(6-4-16)25(30)32-2/h3-14,22,24,27-29H,1-2H3. The molecular weight excluding hydrogens is 428 g/mol. The van der Waals surface area contributed by atoms with Crippen LogP contribution in [0.4, 0.5) is 0 Å². The van der Waals surface area contributed by atoms with Gasteiger partial charge in [0.25, 0.3) is 0 Å². The molecule has 3 N–H and O–H groups in total. The van der Waals surface area contributed by atoms with E-state index in [9.17, 15) is 9.90 Å². The van der Waals surface area contributed by atoms with Crippen LogP contribution in [0, 0.1) is 0 Å². The van der Waals surface area contributed by atoms with Gasteiger partial charge in [0.2, 0.25) is 0 Å². The maximum Gasteiger partial charge on any atom is 0.337 e. The molecule has 0 spiro atoms. The second-order valence-corrected chi connectivity index (χ2v) is 7.78. The van der Waals surface area contributed by atoms with Crippen molar-refractivity contribution < 1.29 is 19.4 Å². The molecular formula is C25H23ClN2O4. The molecule has 0 fully saturated rings. The summed E-state index contributed by atoms with van der Waals surface area (Å²) in [6.45, 7) is 0. The molecule has 2 atom stereocenters. The van der Waals surface area contributed by atoms with Gasteiger partial charge in [0.05, 0.1) is 25.8 Å². The molecule has 3 aromatic carbocycles.